The van der Waals surface area contributed by atoms with Gasteiger partial charge in [-0.1, -0.05) is 0 Å². The molecule has 0 N–H and O–H groups in total. The van der Waals surface area contributed by atoms with Gasteiger partial charge in [-0.25, -0.2) is 0 Å². The Morgan fingerprint density at radius 1 is 0.680 bits per heavy atom. The Bertz CT molecular complexity index is 536. The first-order chi connectivity index (χ1) is 12.4. The Balaban J connectivity index is 0.00000131. The van der Waals surface area contributed by atoms with Crippen molar-refractivity contribution in [3.8, 4) is 0 Å². The summed E-state index contributed by atoms with van der Waals surface area (Å²) in [6.45, 7) is 0. The predicted molar refractivity (Wildman–Crippen MR) is 106 cm³/mol. The minimum atomic E-state index is -0.516. The molecule has 0 aromatic carbocycles. The second-order valence-corrected chi connectivity index (χ2v) is 12.3. The average molecular weight is 416 g/mol. The summed E-state index contributed by atoms with van der Waals surface area (Å²) in [5.41, 5.74) is 3.57. The molecule has 0 aromatic rings. The van der Waals surface area contributed by atoms with Gasteiger partial charge in [0.1, 0.15) is 0 Å². The van der Waals surface area contributed by atoms with E-state index in [1.165, 1.54) is 89.9 Å². The van der Waals surface area contributed by atoms with Crippen LogP contribution in [-0.2, 0) is 23.2 Å². The molecule has 4 aliphatic rings. The molecular weight excluding hydrogens is 379 g/mol. The minimum absolute atomic E-state index is 0. The predicted octanol–water partition coefficient (Wildman–Crippen LogP) is 7.66. The largest absolute Gasteiger partial charge is 1.00 e. The standard InChI is InChI=1S/2C12H17.Zr.2H/c2*1-2-6-11(7-3-1)10-12-8-4-5-9-12;;;/h2*4,8,11H,1-3,5-7,10H2;;;/q;;+2;2*-1. The Morgan fingerprint density at radius 3 is 1.56 bits per heavy atom. The van der Waals surface area contributed by atoms with Crippen LogP contribution in [0.15, 0.2) is 42.0 Å². The number of hydrogen-bond donors (Lipinski definition) is 0. The van der Waals surface area contributed by atoms with Crippen LogP contribution in [0.25, 0.3) is 0 Å². The molecule has 0 unspecified atom stereocenters. The molecule has 1 heteroatoms. The van der Waals surface area contributed by atoms with Gasteiger partial charge in [0, 0.05) is 0 Å². The van der Waals surface area contributed by atoms with Gasteiger partial charge in [-0.3, -0.25) is 0 Å². The van der Waals surface area contributed by atoms with Crippen molar-refractivity contribution in [2.75, 3.05) is 0 Å². The Kier molecular flexibility index (Phi) is 6.68. The molecule has 4 rings (SSSR count). The zero-order valence-corrected chi connectivity index (χ0v) is 18.3. The topological polar surface area (TPSA) is 0 Å². The number of hydrogen-bond acceptors (Lipinski definition) is 0. The van der Waals surface area contributed by atoms with E-state index in [0.717, 1.165) is 11.8 Å². The molecule has 0 saturated heterocycles. The van der Waals surface area contributed by atoms with E-state index in [1.54, 1.807) is 11.1 Å². The third kappa shape index (κ3) is 4.97. The number of rotatable bonds is 6. The van der Waals surface area contributed by atoms with Crippen LogP contribution in [0.1, 0.15) is 92.7 Å². The third-order valence-electron chi connectivity index (χ3n) is 6.83. The van der Waals surface area contributed by atoms with E-state index in [9.17, 15) is 0 Å². The van der Waals surface area contributed by atoms with Gasteiger partial charge in [-0.2, -0.15) is 0 Å². The summed E-state index contributed by atoms with van der Waals surface area (Å²) in [6, 6.07) is 0. The fourth-order valence-corrected chi connectivity index (χ4v) is 9.01. The van der Waals surface area contributed by atoms with Crippen LogP contribution < -0.4 is 0 Å². The Labute approximate surface area is 169 Å². The molecule has 0 nitrogen and oxygen atoms in total. The molecule has 0 atom stereocenters. The molecule has 2 saturated carbocycles. The van der Waals surface area contributed by atoms with Gasteiger partial charge in [0.05, 0.1) is 0 Å². The van der Waals surface area contributed by atoms with Crippen LogP contribution in [-0.4, -0.2) is 0 Å². The Morgan fingerprint density at radius 2 is 1.12 bits per heavy atom. The minimum Gasteiger partial charge on any atom is -1.00 e. The van der Waals surface area contributed by atoms with E-state index >= 15 is 0 Å². The molecule has 4 aliphatic carbocycles. The molecule has 0 spiro atoms. The maximum atomic E-state index is 2.51. The van der Waals surface area contributed by atoms with Gasteiger partial charge >= 0.3 is 167 Å². The maximum Gasteiger partial charge on any atom is -1.00 e. The summed E-state index contributed by atoms with van der Waals surface area (Å²) in [5.74, 6) is 2.00. The molecule has 0 heterocycles. The summed E-state index contributed by atoms with van der Waals surface area (Å²) < 4.78 is 3.85. The van der Waals surface area contributed by atoms with Crippen molar-refractivity contribution in [3.63, 3.8) is 0 Å². The van der Waals surface area contributed by atoms with Crippen molar-refractivity contribution in [1.82, 2.24) is 0 Å². The smallest absolute Gasteiger partial charge is 1.00 e. The van der Waals surface area contributed by atoms with Crippen molar-refractivity contribution in [1.29, 1.82) is 0 Å². The molecule has 2 fully saturated rings. The molecule has 0 radical (unpaired) electrons. The normalized spacial score (nSPS) is 25.3. The van der Waals surface area contributed by atoms with Crippen LogP contribution in [0.3, 0.4) is 0 Å². The first kappa shape index (κ1) is 18.2. The van der Waals surface area contributed by atoms with Crippen molar-refractivity contribution >= 4 is 0 Å². The molecule has 0 bridgehead atoms. The van der Waals surface area contributed by atoms with E-state index in [2.05, 4.69) is 24.3 Å². The van der Waals surface area contributed by atoms with Gasteiger partial charge in [0.15, 0.2) is 0 Å². The van der Waals surface area contributed by atoms with Gasteiger partial charge in [-0.05, 0) is 0 Å². The van der Waals surface area contributed by atoms with E-state index in [1.807, 2.05) is 6.56 Å². The summed E-state index contributed by atoms with van der Waals surface area (Å²) in [5, 5.41) is 0. The van der Waals surface area contributed by atoms with Crippen LogP contribution in [0, 0.1) is 11.8 Å². The second kappa shape index (κ2) is 9.17. The summed E-state index contributed by atoms with van der Waals surface area (Å²) in [4.78, 5) is 0. The van der Waals surface area contributed by atoms with E-state index in [4.69, 9.17) is 0 Å². The Hall–Kier alpha value is -0.157. The van der Waals surface area contributed by atoms with E-state index in [0.29, 0.717) is 0 Å². The van der Waals surface area contributed by atoms with Gasteiger partial charge in [0.25, 0.3) is 0 Å². The monoisotopic (exact) mass is 414 g/mol. The third-order valence-corrected chi connectivity index (χ3v) is 10.9. The zero-order chi connectivity index (χ0) is 16.9. The van der Waals surface area contributed by atoms with Gasteiger partial charge in [0.2, 0.25) is 0 Å². The first-order valence-corrected chi connectivity index (χ1v) is 13.4. The molecule has 25 heavy (non-hydrogen) atoms. The van der Waals surface area contributed by atoms with E-state index < -0.39 is 23.2 Å². The second-order valence-electron chi connectivity index (χ2n) is 8.76. The van der Waals surface area contributed by atoms with Crippen LogP contribution in [0.4, 0.5) is 0 Å². The van der Waals surface area contributed by atoms with Crippen molar-refractivity contribution in [2.45, 2.75) is 89.9 Å². The first-order valence-electron chi connectivity index (χ1n) is 10.9. The van der Waals surface area contributed by atoms with E-state index in [-0.39, 0.29) is 2.85 Å². The van der Waals surface area contributed by atoms with Crippen LogP contribution >= 0.6 is 0 Å². The SMILES string of the molecule is C1=CC(CC2CCCCC2)=[C]([Zr+2][C]2=C(CC3CCCCC3)C=CC2)C1.[H-].[H-]. The molecule has 136 valence electrons. The molecular formula is C24H36Zr. The van der Waals surface area contributed by atoms with Crippen molar-refractivity contribution < 1.29 is 26.1 Å². The molecule has 0 amide bonds. The quantitative estimate of drug-likeness (QED) is 0.417. The molecule has 0 aromatic heterocycles. The number of allylic oxidation sites excluding steroid dienone is 8. The van der Waals surface area contributed by atoms with Gasteiger partial charge in [-0.15, -0.1) is 0 Å². The van der Waals surface area contributed by atoms with Gasteiger partial charge < -0.3 is 2.85 Å². The zero-order valence-electron chi connectivity index (χ0n) is 17.9. The maximum absolute atomic E-state index is 2.51. The summed E-state index contributed by atoms with van der Waals surface area (Å²) in [6.07, 6.45) is 30.2. The summed E-state index contributed by atoms with van der Waals surface area (Å²) in [7, 11) is 0. The molecule has 0 aliphatic heterocycles. The van der Waals surface area contributed by atoms with Crippen molar-refractivity contribution in [3.05, 3.63) is 42.0 Å². The van der Waals surface area contributed by atoms with Crippen LogP contribution in [0.5, 0.6) is 0 Å². The van der Waals surface area contributed by atoms with Crippen LogP contribution in [0.2, 0.25) is 0 Å². The fraction of sp³-hybridized carbons (Fsp3) is 0.667. The average Bonchev–Trinajstić information content (AvgIpc) is 3.27. The summed E-state index contributed by atoms with van der Waals surface area (Å²) >= 11 is -0.516. The fourth-order valence-electron chi connectivity index (χ4n) is 5.33. The van der Waals surface area contributed by atoms with Crippen molar-refractivity contribution in [2.24, 2.45) is 11.8 Å².